The van der Waals surface area contributed by atoms with Crippen molar-refractivity contribution >= 4 is 29.2 Å². The van der Waals surface area contributed by atoms with Crippen LogP contribution in [0.25, 0.3) is 11.1 Å². The molecule has 1 aliphatic rings. The van der Waals surface area contributed by atoms with Gasteiger partial charge in [0.05, 0.1) is 28.3 Å². The normalized spacial score (nSPS) is 17.7. The van der Waals surface area contributed by atoms with Gasteiger partial charge in [-0.25, -0.2) is 18.0 Å². The number of carbonyl (C=O) groups is 2. The molecule has 0 saturated heterocycles. The van der Waals surface area contributed by atoms with Gasteiger partial charge in [0.15, 0.2) is 0 Å². The van der Waals surface area contributed by atoms with Gasteiger partial charge in [-0.1, -0.05) is 23.7 Å². The molecule has 40 heavy (non-hydrogen) atoms. The summed E-state index contributed by atoms with van der Waals surface area (Å²) in [5.74, 6) is -2.45. The highest BCUT2D eigenvalue weighted by Crippen LogP contribution is 2.39. The standard InChI is InChI=1S/C30H30ClF3N2O4/c1-30(2,3)40-29(39)17-4-7-19(8-5-17)36-28(38)22(14-16-12-20(37)13-16)24-11-6-18(15-35-24)25-21(27(33)34)9-10-23(31)26(25)32/h4-11,15-16,20,22,27,37H,12-14H2,1-3H3,(H,36,38). The van der Waals surface area contributed by atoms with Gasteiger partial charge >= 0.3 is 5.97 Å². The number of hydrogen-bond donors (Lipinski definition) is 2. The first-order valence-corrected chi connectivity index (χ1v) is 13.2. The van der Waals surface area contributed by atoms with Crippen molar-refractivity contribution in [1.29, 1.82) is 0 Å². The fourth-order valence-corrected chi connectivity index (χ4v) is 4.80. The number of aliphatic hydroxyl groups excluding tert-OH is 1. The molecule has 1 atom stereocenters. The SMILES string of the molecule is CC(C)(C)OC(=O)c1ccc(NC(=O)C(CC2CC(O)C2)c2ccc(-c3c(C(F)F)ccc(Cl)c3F)cn2)cc1. The summed E-state index contributed by atoms with van der Waals surface area (Å²) in [6.07, 6.45) is -0.578. The van der Waals surface area contributed by atoms with Crippen LogP contribution >= 0.6 is 11.6 Å². The lowest BCUT2D eigenvalue weighted by Crippen LogP contribution is -2.32. The number of esters is 1. The number of aliphatic hydroxyl groups is 1. The Balaban J connectivity index is 1.56. The average molecular weight is 575 g/mol. The van der Waals surface area contributed by atoms with Crippen LogP contribution in [0.5, 0.6) is 0 Å². The van der Waals surface area contributed by atoms with E-state index in [1.807, 2.05) is 0 Å². The summed E-state index contributed by atoms with van der Waals surface area (Å²) in [6, 6.07) is 11.4. The van der Waals surface area contributed by atoms with Crippen LogP contribution in [-0.4, -0.2) is 33.7 Å². The topological polar surface area (TPSA) is 88.5 Å². The first-order valence-electron chi connectivity index (χ1n) is 12.9. The second kappa shape index (κ2) is 12.0. The Bertz CT molecular complexity index is 1370. The van der Waals surface area contributed by atoms with Crippen molar-refractivity contribution in [2.45, 2.75) is 64.1 Å². The van der Waals surface area contributed by atoms with Crippen molar-refractivity contribution in [3.05, 3.63) is 82.4 Å². The molecule has 10 heteroatoms. The maximum Gasteiger partial charge on any atom is 0.338 e. The van der Waals surface area contributed by atoms with Gasteiger partial charge in [-0.2, -0.15) is 0 Å². The molecule has 0 radical (unpaired) electrons. The maximum atomic E-state index is 14.7. The van der Waals surface area contributed by atoms with E-state index in [0.29, 0.717) is 36.2 Å². The van der Waals surface area contributed by atoms with E-state index >= 15 is 0 Å². The predicted molar refractivity (Wildman–Crippen MR) is 146 cm³/mol. The predicted octanol–water partition coefficient (Wildman–Crippen LogP) is 7.32. The average Bonchev–Trinajstić information content (AvgIpc) is 2.87. The molecule has 212 valence electrons. The second-order valence-electron chi connectivity index (χ2n) is 10.9. The molecule has 4 rings (SSSR count). The van der Waals surface area contributed by atoms with E-state index < -0.39 is 41.4 Å². The molecule has 1 aromatic heterocycles. The van der Waals surface area contributed by atoms with Gasteiger partial charge in [0.2, 0.25) is 5.91 Å². The van der Waals surface area contributed by atoms with E-state index in [1.165, 1.54) is 18.3 Å². The van der Waals surface area contributed by atoms with Crippen molar-refractivity contribution in [3.8, 4) is 11.1 Å². The van der Waals surface area contributed by atoms with Crippen LogP contribution in [0.15, 0.2) is 54.7 Å². The van der Waals surface area contributed by atoms with Crippen molar-refractivity contribution in [1.82, 2.24) is 4.98 Å². The number of nitrogens with one attached hydrogen (secondary N) is 1. The second-order valence-corrected chi connectivity index (χ2v) is 11.4. The largest absolute Gasteiger partial charge is 0.456 e. The summed E-state index contributed by atoms with van der Waals surface area (Å²) < 4.78 is 47.3. The van der Waals surface area contributed by atoms with Crippen LogP contribution in [0, 0.1) is 11.7 Å². The van der Waals surface area contributed by atoms with Gasteiger partial charge in [-0.05, 0) is 82.3 Å². The van der Waals surface area contributed by atoms with E-state index in [2.05, 4.69) is 10.3 Å². The van der Waals surface area contributed by atoms with E-state index in [9.17, 15) is 27.9 Å². The Hall–Kier alpha value is -3.43. The Labute approximate surface area is 235 Å². The number of aromatic nitrogens is 1. The smallest absolute Gasteiger partial charge is 0.338 e. The number of amides is 1. The van der Waals surface area contributed by atoms with Crippen molar-refractivity contribution in [2.24, 2.45) is 5.92 Å². The minimum atomic E-state index is -2.92. The summed E-state index contributed by atoms with van der Waals surface area (Å²) in [5, 5.41) is 12.3. The number of hydrogen-bond acceptors (Lipinski definition) is 5. The van der Waals surface area contributed by atoms with E-state index in [-0.39, 0.29) is 28.0 Å². The molecule has 0 bridgehead atoms. The number of benzene rings is 2. The molecule has 3 aromatic rings. The van der Waals surface area contributed by atoms with Crippen LogP contribution < -0.4 is 5.32 Å². The molecule has 1 aliphatic carbocycles. The summed E-state index contributed by atoms with van der Waals surface area (Å²) in [7, 11) is 0. The third-order valence-corrected chi connectivity index (χ3v) is 6.97. The first-order chi connectivity index (χ1) is 18.8. The number of rotatable bonds is 8. The number of nitrogens with zero attached hydrogens (tertiary/aromatic N) is 1. The minimum absolute atomic E-state index is 0.0950. The molecule has 2 aromatic carbocycles. The number of pyridine rings is 1. The van der Waals surface area contributed by atoms with Gasteiger partial charge in [-0.15, -0.1) is 0 Å². The minimum Gasteiger partial charge on any atom is -0.456 e. The number of carbonyl (C=O) groups excluding carboxylic acids is 2. The molecular formula is C30H30ClF3N2O4. The van der Waals surface area contributed by atoms with Gasteiger partial charge in [0.25, 0.3) is 6.43 Å². The number of ether oxygens (including phenoxy) is 1. The molecule has 1 unspecified atom stereocenters. The molecule has 1 saturated carbocycles. The Morgan fingerprint density at radius 3 is 2.33 bits per heavy atom. The Morgan fingerprint density at radius 1 is 1.10 bits per heavy atom. The molecule has 1 heterocycles. The first kappa shape index (κ1) is 29.6. The molecule has 6 nitrogen and oxygen atoms in total. The number of anilines is 1. The van der Waals surface area contributed by atoms with Crippen molar-refractivity contribution in [2.75, 3.05) is 5.32 Å². The third-order valence-electron chi connectivity index (χ3n) is 6.68. The lowest BCUT2D eigenvalue weighted by molar-refractivity contribution is -0.118. The van der Waals surface area contributed by atoms with E-state index in [4.69, 9.17) is 16.3 Å². The van der Waals surface area contributed by atoms with Crippen LogP contribution in [0.4, 0.5) is 18.9 Å². The highest BCUT2D eigenvalue weighted by molar-refractivity contribution is 6.31. The van der Waals surface area contributed by atoms with Gasteiger partial charge in [0.1, 0.15) is 11.4 Å². The molecule has 0 aliphatic heterocycles. The number of halogens is 4. The summed E-state index contributed by atoms with van der Waals surface area (Å²) >= 11 is 5.85. The van der Waals surface area contributed by atoms with Crippen LogP contribution in [0.2, 0.25) is 5.02 Å². The highest BCUT2D eigenvalue weighted by Gasteiger charge is 2.33. The Morgan fingerprint density at radius 2 is 1.77 bits per heavy atom. The van der Waals surface area contributed by atoms with Gasteiger partial charge in [0, 0.05) is 28.6 Å². The van der Waals surface area contributed by atoms with Crippen LogP contribution in [0.1, 0.15) is 74.0 Å². The third kappa shape index (κ3) is 7.01. The van der Waals surface area contributed by atoms with Crippen molar-refractivity contribution in [3.63, 3.8) is 0 Å². The zero-order valence-corrected chi connectivity index (χ0v) is 23.0. The quantitative estimate of drug-likeness (QED) is 0.275. The molecule has 1 fully saturated rings. The molecular weight excluding hydrogens is 545 g/mol. The number of alkyl halides is 2. The lowest BCUT2D eigenvalue weighted by atomic mass is 9.76. The summed E-state index contributed by atoms with van der Waals surface area (Å²) in [5.41, 5.74) is -0.228. The summed E-state index contributed by atoms with van der Waals surface area (Å²) in [6.45, 7) is 5.31. The summed E-state index contributed by atoms with van der Waals surface area (Å²) in [4.78, 5) is 30.0. The Kier molecular flexibility index (Phi) is 8.85. The van der Waals surface area contributed by atoms with Crippen molar-refractivity contribution < 1.29 is 32.6 Å². The molecule has 1 amide bonds. The monoisotopic (exact) mass is 574 g/mol. The van der Waals surface area contributed by atoms with Crippen LogP contribution in [0.3, 0.4) is 0 Å². The fourth-order valence-electron chi connectivity index (χ4n) is 4.64. The fraction of sp³-hybridized carbons (Fsp3) is 0.367. The van der Waals surface area contributed by atoms with E-state index in [1.54, 1.807) is 45.0 Å². The van der Waals surface area contributed by atoms with E-state index in [0.717, 1.165) is 12.1 Å². The zero-order chi connectivity index (χ0) is 29.2. The van der Waals surface area contributed by atoms with Gasteiger partial charge < -0.3 is 15.2 Å². The van der Waals surface area contributed by atoms with Crippen LogP contribution in [-0.2, 0) is 9.53 Å². The van der Waals surface area contributed by atoms with Gasteiger partial charge in [-0.3, -0.25) is 9.78 Å². The zero-order valence-electron chi connectivity index (χ0n) is 22.3. The lowest BCUT2D eigenvalue weighted by Gasteiger charge is -2.33. The molecule has 0 spiro atoms. The highest BCUT2D eigenvalue weighted by atomic mass is 35.5. The maximum absolute atomic E-state index is 14.7. The molecule has 2 N–H and O–H groups in total.